The van der Waals surface area contributed by atoms with Crippen LogP contribution in [-0.4, -0.2) is 8.07 Å². The number of rotatable bonds is 3. The van der Waals surface area contributed by atoms with Crippen LogP contribution in [0, 0.1) is 6.92 Å². The minimum absolute atomic E-state index is 0. The Labute approximate surface area is 242 Å². The number of hydrogen-bond acceptors (Lipinski definition) is 1. The molecular formula is C30H33Cl2OSiZr. The van der Waals surface area contributed by atoms with Crippen LogP contribution in [0.25, 0.3) is 27.1 Å². The van der Waals surface area contributed by atoms with Crippen molar-refractivity contribution in [3.05, 3.63) is 95.0 Å². The summed E-state index contributed by atoms with van der Waals surface area (Å²) in [4.78, 5) is 0. The second-order valence-electron chi connectivity index (χ2n) is 10.2. The second kappa shape index (κ2) is 11.4. The quantitative estimate of drug-likeness (QED) is 0.261. The van der Waals surface area contributed by atoms with Crippen molar-refractivity contribution in [2.75, 3.05) is 0 Å². The number of hydrogen-bond donors (Lipinski definition) is 0. The van der Waals surface area contributed by atoms with Gasteiger partial charge >= 0.3 is 26.2 Å². The summed E-state index contributed by atoms with van der Waals surface area (Å²) in [6, 6.07) is 22.3. The van der Waals surface area contributed by atoms with Gasteiger partial charge in [0.05, 0.1) is 14.3 Å². The number of benzene rings is 2. The van der Waals surface area contributed by atoms with Gasteiger partial charge in [0, 0.05) is 11.1 Å². The van der Waals surface area contributed by atoms with Gasteiger partial charge in [-0.05, 0) is 41.7 Å². The zero-order valence-corrected chi connectivity index (χ0v) is 26.3. The monoisotopic (exact) mass is 597 g/mol. The predicted molar refractivity (Wildman–Crippen MR) is 140 cm³/mol. The van der Waals surface area contributed by atoms with E-state index in [1.54, 1.807) is 10.8 Å². The normalized spacial score (nSPS) is 17.1. The standard InChI is InChI=1S/C20H21.C10H12OSi.2ClH.Zr/c1-4-15(3)16-8-10-17(11-9-16)19-7-5-6-18-12-14(2)13-20(18)19;1-6-9-7-4-5-11-8(7)10(6)12(9,2)3;;;/h5-13,15H,4H2,1-3H3;4-5,9H,1-3H3;2*1H;/q-1;;;;+3/p-2. The molecular weight excluding hydrogens is 567 g/mol. The summed E-state index contributed by atoms with van der Waals surface area (Å²) in [7, 11) is -1.08. The van der Waals surface area contributed by atoms with E-state index in [1.807, 2.05) is 6.26 Å². The van der Waals surface area contributed by atoms with E-state index in [1.165, 1.54) is 50.8 Å². The van der Waals surface area contributed by atoms with Crippen LogP contribution in [0.15, 0.2) is 76.9 Å². The van der Waals surface area contributed by atoms with Crippen molar-refractivity contribution in [3.63, 3.8) is 0 Å². The minimum atomic E-state index is -1.08. The largest absolute Gasteiger partial charge is 3.00 e. The molecule has 0 amide bonds. The smallest absolute Gasteiger partial charge is 1.00 e. The number of fused-ring (bicyclic) bond motifs is 1. The molecule has 2 aliphatic heterocycles. The molecule has 0 N–H and O–H groups in total. The topological polar surface area (TPSA) is 13.1 Å². The Bertz CT molecular complexity index is 1330. The van der Waals surface area contributed by atoms with Gasteiger partial charge < -0.3 is 29.2 Å². The Hall–Kier alpha value is -1.25. The van der Waals surface area contributed by atoms with Crippen LogP contribution in [0.1, 0.15) is 61.1 Å². The summed E-state index contributed by atoms with van der Waals surface area (Å²) in [5.41, 5.74) is 9.26. The molecule has 4 aromatic rings. The summed E-state index contributed by atoms with van der Waals surface area (Å²) in [6.45, 7) is 13.8. The van der Waals surface area contributed by atoms with Gasteiger partial charge in [-0.3, -0.25) is 0 Å². The number of halogens is 2. The summed E-state index contributed by atoms with van der Waals surface area (Å²) in [6.07, 6.45) is 3.02. The molecule has 1 aliphatic carbocycles. The van der Waals surface area contributed by atoms with Crippen molar-refractivity contribution in [1.82, 2.24) is 0 Å². The van der Waals surface area contributed by atoms with Crippen molar-refractivity contribution in [2.45, 2.75) is 58.7 Å². The molecule has 1 nitrogen and oxygen atoms in total. The Kier molecular flexibility index (Phi) is 9.79. The van der Waals surface area contributed by atoms with Gasteiger partial charge in [-0.15, -0.1) is 34.5 Å². The molecule has 0 saturated carbocycles. The summed E-state index contributed by atoms with van der Waals surface area (Å²) >= 11 is 0. The average molecular weight is 600 g/mol. The van der Waals surface area contributed by atoms with Gasteiger partial charge in [0.2, 0.25) is 0 Å². The molecule has 5 heteroatoms. The van der Waals surface area contributed by atoms with Crippen molar-refractivity contribution in [3.8, 4) is 11.1 Å². The van der Waals surface area contributed by atoms with E-state index < -0.39 is 8.07 Å². The van der Waals surface area contributed by atoms with E-state index in [-0.39, 0.29) is 51.0 Å². The molecule has 3 heterocycles. The Morgan fingerprint density at radius 2 is 1.69 bits per heavy atom. The van der Waals surface area contributed by atoms with Crippen LogP contribution in [-0.2, 0) is 26.2 Å². The third kappa shape index (κ3) is 4.99. The Morgan fingerprint density at radius 3 is 2.29 bits per heavy atom. The molecule has 35 heavy (non-hydrogen) atoms. The minimum Gasteiger partial charge on any atom is -1.00 e. The van der Waals surface area contributed by atoms with Crippen molar-refractivity contribution in [1.29, 1.82) is 0 Å². The maximum absolute atomic E-state index is 5.51. The van der Waals surface area contributed by atoms with Gasteiger partial charge in [0.15, 0.2) is 0 Å². The summed E-state index contributed by atoms with van der Waals surface area (Å²) < 4.78 is 5.51. The molecule has 3 aliphatic rings. The van der Waals surface area contributed by atoms with Crippen molar-refractivity contribution >= 4 is 24.0 Å². The maximum Gasteiger partial charge on any atom is 3.00 e. The SMILES string of the molecule is CC1=C2c3occc3C1[Si]2(C)C.CCC(C)c1ccc(-c2cccc3[cH-]c(C)cc23)cc1.[Cl-].[Cl-].[Zr+3]. The molecule has 1 aromatic heterocycles. The molecule has 0 spiro atoms. The molecule has 181 valence electrons. The number of furan rings is 1. The van der Waals surface area contributed by atoms with E-state index in [0.717, 1.165) is 5.54 Å². The molecule has 3 aromatic carbocycles. The van der Waals surface area contributed by atoms with E-state index in [9.17, 15) is 0 Å². The first kappa shape index (κ1) is 30.0. The van der Waals surface area contributed by atoms with Gasteiger partial charge in [0.1, 0.15) is 5.76 Å². The molecule has 2 bridgehead atoms. The third-order valence-electron chi connectivity index (χ3n) is 7.73. The van der Waals surface area contributed by atoms with Crippen molar-refractivity contribution < 1.29 is 55.4 Å². The van der Waals surface area contributed by atoms with Crippen LogP contribution in [0.3, 0.4) is 0 Å². The fourth-order valence-electron chi connectivity index (χ4n) is 5.97. The van der Waals surface area contributed by atoms with Crippen LogP contribution >= 0.6 is 0 Å². The fourth-order valence-corrected chi connectivity index (χ4v) is 10.2. The molecule has 2 unspecified atom stereocenters. The first-order valence-corrected chi connectivity index (χ1v) is 15.0. The van der Waals surface area contributed by atoms with Gasteiger partial charge in [-0.25, -0.2) is 0 Å². The predicted octanol–water partition coefficient (Wildman–Crippen LogP) is 3.00. The van der Waals surface area contributed by atoms with Crippen LogP contribution in [0.5, 0.6) is 0 Å². The van der Waals surface area contributed by atoms with E-state index >= 15 is 0 Å². The first-order valence-electron chi connectivity index (χ1n) is 11.9. The van der Waals surface area contributed by atoms with E-state index in [2.05, 4.69) is 101 Å². The third-order valence-corrected chi connectivity index (χ3v) is 11.8. The van der Waals surface area contributed by atoms with Crippen LogP contribution in [0.4, 0.5) is 0 Å². The van der Waals surface area contributed by atoms with Gasteiger partial charge in [0.25, 0.3) is 0 Å². The zero-order valence-electron chi connectivity index (χ0n) is 21.4. The second-order valence-corrected chi connectivity index (χ2v) is 14.7. The van der Waals surface area contributed by atoms with Gasteiger partial charge in [-0.1, -0.05) is 75.3 Å². The zero-order chi connectivity index (χ0) is 22.6. The maximum atomic E-state index is 5.51. The molecule has 2 atom stereocenters. The molecule has 7 rings (SSSR count). The first-order chi connectivity index (χ1) is 15.3. The molecule has 0 saturated heterocycles. The van der Waals surface area contributed by atoms with E-state index in [0.29, 0.717) is 5.92 Å². The molecule has 0 fully saturated rings. The fraction of sp³-hybridized carbons (Fsp3) is 0.300. The Balaban J connectivity index is 0.000000249. The molecule has 1 radical (unpaired) electrons. The summed E-state index contributed by atoms with van der Waals surface area (Å²) in [5, 5.41) is 4.29. The average Bonchev–Trinajstić information content (AvgIpc) is 3.49. The summed E-state index contributed by atoms with van der Waals surface area (Å²) in [5.74, 6) is 1.86. The Morgan fingerprint density at radius 1 is 1.00 bits per heavy atom. The number of aryl methyl sites for hydroxylation is 1. The number of allylic oxidation sites excluding steroid dienone is 1. The van der Waals surface area contributed by atoms with E-state index in [4.69, 9.17) is 4.42 Å². The van der Waals surface area contributed by atoms with Gasteiger partial charge in [-0.2, -0.15) is 6.07 Å². The van der Waals surface area contributed by atoms with Crippen LogP contribution in [0.2, 0.25) is 13.1 Å². The van der Waals surface area contributed by atoms with Crippen LogP contribution < -0.4 is 24.8 Å². The van der Waals surface area contributed by atoms with Crippen molar-refractivity contribution in [2.24, 2.45) is 0 Å².